The zero-order valence-electron chi connectivity index (χ0n) is 10.6. The molecule has 0 aliphatic heterocycles. The Kier molecular flexibility index (Phi) is 3.91. The second-order valence-corrected chi connectivity index (χ2v) is 3.87. The third-order valence-corrected chi connectivity index (χ3v) is 2.72. The maximum absolute atomic E-state index is 13.6. The zero-order chi connectivity index (χ0) is 13.8. The van der Waals surface area contributed by atoms with Gasteiger partial charge in [0.15, 0.2) is 11.6 Å². The number of methoxy groups -OCH3 is 2. The van der Waals surface area contributed by atoms with Crippen molar-refractivity contribution < 1.29 is 13.9 Å². The lowest BCUT2D eigenvalue weighted by Gasteiger charge is -2.12. The first-order chi connectivity index (χ1) is 9.15. The molecule has 0 radical (unpaired) electrons. The van der Waals surface area contributed by atoms with E-state index in [9.17, 15) is 4.39 Å². The number of hydrogen-bond donors (Lipinski definition) is 1. The molecule has 6 heteroatoms. The van der Waals surface area contributed by atoms with Gasteiger partial charge in [-0.2, -0.15) is 0 Å². The van der Waals surface area contributed by atoms with E-state index >= 15 is 0 Å². The highest BCUT2D eigenvalue weighted by Gasteiger charge is 2.14. The van der Waals surface area contributed by atoms with E-state index in [0.29, 0.717) is 17.1 Å². The van der Waals surface area contributed by atoms with E-state index in [4.69, 9.17) is 15.2 Å². The first-order valence-electron chi connectivity index (χ1n) is 5.62. The highest BCUT2D eigenvalue weighted by molar-refractivity contribution is 5.34. The van der Waals surface area contributed by atoms with Gasteiger partial charge in [-0.25, -0.2) is 4.39 Å². The Labute approximate surface area is 110 Å². The Hall–Kier alpha value is -2.21. The Morgan fingerprint density at radius 2 is 1.89 bits per heavy atom. The van der Waals surface area contributed by atoms with Crippen LogP contribution in [0.4, 0.5) is 4.39 Å². The molecule has 0 aliphatic carbocycles. The molecule has 1 heterocycles. The smallest absolute Gasteiger partial charge is 0.233 e. The third kappa shape index (κ3) is 2.79. The van der Waals surface area contributed by atoms with Crippen LogP contribution in [-0.4, -0.2) is 24.4 Å². The van der Waals surface area contributed by atoms with Gasteiger partial charge in [-0.1, -0.05) is 6.07 Å². The molecule has 19 heavy (non-hydrogen) atoms. The molecular weight excluding hydrogens is 249 g/mol. The third-order valence-electron chi connectivity index (χ3n) is 2.72. The molecule has 1 aromatic carbocycles. The number of halogens is 1. The van der Waals surface area contributed by atoms with Crippen LogP contribution in [0.5, 0.6) is 11.6 Å². The highest BCUT2D eigenvalue weighted by Crippen LogP contribution is 2.24. The molecule has 0 spiro atoms. The number of nitrogens with two attached hydrogens (primary N) is 1. The minimum atomic E-state index is -0.557. The van der Waals surface area contributed by atoms with Crippen molar-refractivity contribution in [2.24, 2.45) is 5.73 Å². The summed E-state index contributed by atoms with van der Waals surface area (Å²) in [6.07, 6.45) is 0. The quantitative estimate of drug-likeness (QED) is 0.908. The van der Waals surface area contributed by atoms with Gasteiger partial charge < -0.3 is 15.2 Å². The van der Waals surface area contributed by atoms with E-state index < -0.39 is 11.9 Å². The molecule has 5 nitrogen and oxygen atoms in total. The van der Waals surface area contributed by atoms with E-state index in [-0.39, 0.29) is 5.75 Å². The zero-order valence-corrected chi connectivity index (χ0v) is 10.6. The predicted molar refractivity (Wildman–Crippen MR) is 67.6 cm³/mol. The molecule has 100 valence electrons. The lowest BCUT2D eigenvalue weighted by Crippen LogP contribution is -2.14. The van der Waals surface area contributed by atoms with Crippen LogP contribution in [0.25, 0.3) is 0 Å². The van der Waals surface area contributed by atoms with E-state index in [2.05, 4.69) is 10.2 Å². The Morgan fingerprint density at radius 3 is 2.42 bits per heavy atom. The van der Waals surface area contributed by atoms with Gasteiger partial charge in [0.05, 0.1) is 26.0 Å². The van der Waals surface area contributed by atoms with E-state index in [0.717, 1.165) is 0 Å². The summed E-state index contributed by atoms with van der Waals surface area (Å²) in [6, 6.07) is 7.34. The number of rotatable bonds is 4. The molecule has 0 aliphatic rings. The van der Waals surface area contributed by atoms with Crippen molar-refractivity contribution in [2.45, 2.75) is 6.04 Å². The van der Waals surface area contributed by atoms with Gasteiger partial charge in [-0.05, 0) is 23.8 Å². The minimum Gasteiger partial charge on any atom is -0.494 e. The fourth-order valence-electron chi connectivity index (χ4n) is 1.65. The molecule has 1 aromatic heterocycles. The lowest BCUT2D eigenvalue weighted by atomic mass is 10.0. The first-order valence-corrected chi connectivity index (χ1v) is 5.62. The van der Waals surface area contributed by atoms with Crippen LogP contribution in [0.1, 0.15) is 17.3 Å². The number of aromatic nitrogens is 2. The summed E-state index contributed by atoms with van der Waals surface area (Å²) >= 11 is 0. The molecule has 0 bridgehead atoms. The monoisotopic (exact) mass is 263 g/mol. The largest absolute Gasteiger partial charge is 0.494 e. The summed E-state index contributed by atoms with van der Waals surface area (Å²) in [5.41, 5.74) is 7.15. The van der Waals surface area contributed by atoms with E-state index in [1.807, 2.05) is 0 Å². The number of nitrogens with zero attached hydrogens (tertiary/aromatic N) is 2. The van der Waals surface area contributed by atoms with Crippen LogP contribution >= 0.6 is 0 Å². The maximum Gasteiger partial charge on any atom is 0.233 e. The molecule has 0 saturated carbocycles. The van der Waals surface area contributed by atoms with Crippen LogP contribution in [-0.2, 0) is 0 Å². The molecular formula is C13H14FN3O2. The second kappa shape index (κ2) is 5.62. The van der Waals surface area contributed by atoms with E-state index in [1.54, 1.807) is 18.2 Å². The lowest BCUT2D eigenvalue weighted by molar-refractivity contribution is 0.386. The van der Waals surface area contributed by atoms with Gasteiger partial charge in [-0.15, -0.1) is 10.2 Å². The van der Waals surface area contributed by atoms with Gasteiger partial charge >= 0.3 is 0 Å². The summed E-state index contributed by atoms with van der Waals surface area (Å²) in [5.74, 6) is 0.116. The van der Waals surface area contributed by atoms with Crippen LogP contribution in [0.2, 0.25) is 0 Å². The summed E-state index contributed by atoms with van der Waals surface area (Å²) in [5, 5.41) is 7.77. The van der Waals surface area contributed by atoms with Gasteiger partial charge in [0.1, 0.15) is 0 Å². The second-order valence-electron chi connectivity index (χ2n) is 3.87. The molecule has 2 rings (SSSR count). The maximum atomic E-state index is 13.6. The van der Waals surface area contributed by atoms with Crippen molar-refractivity contribution >= 4 is 0 Å². The molecule has 1 atom stereocenters. The topological polar surface area (TPSA) is 70.3 Å². The molecule has 0 fully saturated rings. The first kappa shape index (κ1) is 13.2. The van der Waals surface area contributed by atoms with Crippen LogP contribution in [0.15, 0.2) is 30.3 Å². The van der Waals surface area contributed by atoms with Crippen molar-refractivity contribution in [3.63, 3.8) is 0 Å². The van der Waals surface area contributed by atoms with Crippen molar-refractivity contribution in [3.8, 4) is 11.6 Å². The summed E-state index contributed by atoms with van der Waals surface area (Å²) in [6.45, 7) is 0. The number of benzene rings is 1. The molecule has 0 saturated heterocycles. The number of ether oxygens (including phenoxy) is 2. The van der Waals surface area contributed by atoms with Crippen LogP contribution in [0.3, 0.4) is 0 Å². The SMILES string of the molecule is COc1ccc(C(N)c2ccc(OC)c(F)c2)nn1. The van der Waals surface area contributed by atoms with Crippen LogP contribution in [0, 0.1) is 5.82 Å². The molecule has 2 aromatic rings. The van der Waals surface area contributed by atoms with Crippen molar-refractivity contribution in [2.75, 3.05) is 14.2 Å². The van der Waals surface area contributed by atoms with Gasteiger partial charge in [0, 0.05) is 6.07 Å². The molecule has 1 unspecified atom stereocenters. The Morgan fingerprint density at radius 1 is 1.11 bits per heavy atom. The highest BCUT2D eigenvalue weighted by atomic mass is 19.1. The molecule has 2 N–H and O–H groups in total. The Balaban J connectivity index is 2.27. The van der Waals surface area contributed by atoms with E-state index in [1.165, 1.54) is 26.4 Å². The summed E-state index contributed by atoms with van der Waals surface area (Å²) in [4.78, 5) is 0. The van der Waals surface area contributed by atoms with Gasteiger partial charge in [0.25, 0.3) is 0 Å². The average Bonchev–Trinajstić information content (AvgIpc) is 2.46. The minimum absolute atomic E-state index is 0.178. The standard InChI is InChI=1S/C13H14FN3O2/c1-18-11-5-3-8(7-9(11)14)13(15)10-4-6-12(19-2)17-16-10/h3-7,13H,15H2,1-2H3. The fourth-order valence-corrected chi connectivity index (χ4v) is 1.65. The summed E-state index contributed by atoms with van der Waals surface area (Å²) < 4.78 is 23.4. The predicted octanol–water partition coefficient (Wildman–Crippen LogP) is 1.68. The van der Waals surface area contributed by atoms with Gasteiger partial charge in [-0.3, -0.25) is 0 Å². The summed E-state index contributed by atoms with van der Waals surface area (Å²) in [7, 11) is 2.91. The fraction of sp³-hybridized carbons (Fsp3) is 0.231. The van der Waals surface area contributed by atoms with Crippen molar-refractivity contribution in [1.82, 2.24) is 10.2 Å². The van der Waals surface area contributed by atoms with Crippen molar-refractivity contribution in [3.05, 3.63) is 47.4 Å². The molecule has 0 amide bonds. The van der Waals surface area contributed by atoms with Crippen molar-refractivity contribution in [1.29, 1.82) is 0 Å². The Bertz CT molecular complexity index is 560. The van der Waals surface area contributed by atoms with Gasteiger partial charge in [0.2, 0.25) is 5.88 Å². The van der Waals surface area contributed by atoms with Crippen LogP contribution < -0.4 is 15.2 Å². The average molecular weight is 263 g/mol. The number of hydrogen-bond acceptors (Lipinski definition) is 5. The normalized spacial score (nSPS) is 12.0.